The molecule has 0 radical (unpaired) electrons. The third kappa shape index (κ3) is 2.35. The Balaban J connectivity index is 1.82. The highest BCUT2D eigenvalue weighted by atomic mass is 32.1. The summed E-state index contributed by atoms with van der Waals surface area (Å²) in [7, 11) is 0. The Morgan fingerprint density at radius 3 is 2.93 bits per heavy atom. The van der Waals surface area contributed by atoms with Crippen molar-refractivity contribution in [3.05, 3.63) is 22.4 Å². The fourth-order valence-electron chi connectivity index (χ4n) is 1.84. The zero-order valence-corrected chi connectivity index (χ0v) is 9.31. The fourth-order valence-corrected chi connectivity index (χ4v) is 2.52. The normalized spacial score (nSPS) is 20.7. The van der Waals surface area contributed by atoms with Crippen molar-refractivity contribution in [3.63, 3.8) is 0 Å². The predicted molar refractivity (Wildman–Crippen MR) is 59.7 cm³/mol. The van der Waals surface area contributed by atoms with E-state index >= 15 is 0 Å². The molecule has 1 aromatic heterocycles. The molecule has 14 heavy (non-hydrogen) atoms. The van der Waals surface area contributed by atoms with Crippen molar-refractivity contribution in [2.24, 2.45) is 0 Å². The summed E-state index contributed by atoms with van der Waals surface area (Å²) < 4.78 is 0. The maximum absolute atomic E-state index is 9.17. The van der Waals surface area contributed by atoms with Gasteiger partial charge >= 0.3 is 0 Å². The Morgan fingerprint density at radius 2 is 2.43 bits per heavy atom. The van der Waals surface area contributed by atoms with Crippen molar-refractivity contribution in [3.8, 4) is 0 Å². The van der Waals surface area contributed by atoms with Crippen molar-refractivity contribution >= 4 is 11.3 Å². The number of aliphatic hydroxyl groups is 1. The minimum atomic E-state index is 0.0649. The van der Waals surface area contributed by atoms with Crippen LogP contribution in [0, 0.1) is 0 Å². The van der Waals surface area contributed by atoms with Crippen LogP contribution in [0.2, 0.25) is 0 Å². The van der Waals surface area contributed by atoms with E-state index in [1.807, 2.05) is 0 Å². The lowest BCUT2D eigenvalue weighted by molar-refractivity contribution is 0.220. The van der Waals surface area contributed by atoms with Crippen LogP contribution in [-0.2, 0) is 6.42 Å². The summed E-state index contributed by atoms with van der Waals surface area (Å²) >= 11 is 1.74. The molecular weight excluding hydrogens is 194 g/mol. The molecule has 1 aliphatic rings. The third-order valence-electron chi connectivity index (χ3n) is 2.83. The minimum absolute atomic E-state index is 0.0649. The van der Waals surface area contributed by atoms with Crippen LogP contribution in [0.5, 0.6) is 0 Å². The standard InChI is InChI=1S/C11H17NOS/c1-9(6-10-2-5-14-7-10)12-11(8-13)3-4-11/h2,5,7,9,12-13H,3-4,6,8H2,1H3. The van der Waals surface area contributed by atoms with E-state index in [2.05, 4.69) is 29.1 Å². The van der Waals surface area contributed by atoms with E-state index in [0.29, 0.717) is 6.04 Å². The molecule has 1 unspecified atom stereocenters. The highest BCUT2D eigenvalue weighted by Crippen LogP contribution is 2.35. The summed E-state index contributed by atoms with van der Waals surface area (Å²) in [6.07, 6.45) is 3.31. The van der Waals surface area contributed by atoms with Gasteiger partial charge in [-0.05, 0) is 48.6 Å². The average molecular weight is 211 g/mol. The lowest BCUT2D eigenvalue weighted by Gasteiger charge is -2.20. The first-order chi connectivity index (χ1) is 6.74. The molecule has 3 heteroatoms. The summed E-state index contributed by atoms with van der Waals surface area (Å²) in [4.78, 5) is 0. The van der Waals surface area contributed by atoms with Gasteiger partial charge in [0.25, 0.3) is 0 Å². The molecule has 1 heterocycles. The highest BCUT2D eigenvalue weighted by Gasteiger charge is 2.42. The molecule has 2 nitrogen and oxygen atoms in total. The van der Waals surface area contributed by atoms with Gasteiger partial charge in [0.15, 0.2) is 0 Å². The van der Waals surface area contributed by atoms with Crippen molar-refractivity contribution < 1.29 is 5.11 Å². The van der Waals surface area contributed by atoms with Gasteiger partial charge in [0.2, 0.25) is 0 Å². The van der Waals surface area contributed by atoms with Gasteiger partial charge in [0, 0.05) is 11.6 Å². The summed E-state index contributed by atoms with van der Waals surface area (Å²) in [6, 6.07) is 2.63. The smallest absolute Gasteiger partial charge is 0.0613 e. The lowest BCUT2D eigenvalue weighted by atomic mass is 10.1. The average Bonchev–Trinajstić information content (AvgIpc) is 2.74. The molecule has 1 saturated carbocycles. The molecule has 2 N–H and O–H groups in total. The predicted octanol–water partition coefficient (Wildman–Crippen LogP) is 1.79. The van der Waals surface area contributed by atoms with Crippen LogP contribution in [0.3, 0.4) is 0 Å². The Labute approximate surface area is 89.0 Å². The zero-order chi connectivity index (χ0) is 10.0. The molecule has 0 aromatic carbocycles. The first kappa shape index (κ1) is 10.1. The van der Waals surface area contributed by atoms with E-state index in [1.165, 1.54) is 5.56 Å². The van der Waals surface area contributed by atoms with Gasteiger partial charge in [-0.3, -0.25) is 0 Å². The van der Waals surface area contributed by atoms with Crippen LogP contribution >= 0.6 is 11.3 Å². The molecule has 2 rings (SSSR count). The van der Waals surface area contributed by atoms with Gasteiger partial charge in [-0.25, -0.2) is 0 Å². The maximum atomic E-state index is 9.17. The van der Waals surface area contributed by atoms with E-state index in [1.54, 1.807) is 11.3 Å². The first-order valence-corrected chi connectivity index (χ1v) is 6.08. The summed E-state index contributed by atoms with van der Waals surface area (Å²) in [5.41, 5.74) is 1.46. The van der Waals surface area contributed by atoms with Crippen molar-refractivity contribution in [1.82, 2.24) is 5.32 Å². The van der Waals surface area contributed by atoms with Gasteiger partial charge in [-0.15, -0.1) is 0 Å². The Bertz CT molecular complexity index is 279. The maximum Gasteiger partial charge on any atom is 0.0613 e. The summed E-state index contributed by atoms with van der Waals surface area (Å²) in [5, 5.41) is 17.0. The van der Waals surface area contributed by atoms with Crippen molar-refractivity contribution in [2.75, 3.05) is 6.61 Å². The van der Waals surface area contributed by atoms with Crippen molar-refractivity contribution in [1.29, 1.82) is 0 Å². The van der Waals surface area contributed by atoms with Crippen LogP contribution in [-0.4, -0.2) is 23.3 Å². The van der Waals surface area contributed by atoms with Crippen LogP contribution in [0.25, 0.3) is 0 Å². The Morgan fingerprint density at radius 1 is 1.64 bits per heavy atom. The van der Waals surface area contributed by atoms with Crippen molar-refractivity contribution in [2.45, 2.75) is 37.8 Å². The van der Waals surface area contributed by atoms with Crippen LogP contribution in [0.4, 0.5) is 0 Å². The number of nitrogens with one attached hydrogen (secondary N) is 1. The molecule has 0 saturated heterocycles. The molecule has 1 atom stereocenters. The second-order valence-electron chi connectivity index (χ2n) is 4.32. The summed E-state index contributed by atoms with van der Waals surface area (Å²) in [6.45, 7) is 2.47. The molecule has 1 fully saturated rings. The second kappa shape index (κ2) is 4.01. The van der Waals surface area contributed by atoms with Gasteiger partial charge in [0.1, 0.15) is 0 Å². The molecule has 1 aliphatic carbocycles. The number of rotatable bonds is 5. The van der Waals surface area contributed by atoms with Crippen LogP contribution in [0.15, 0.2) is 16.8 Å². The molecule has 0 spiro atoms. The Kier molecular flexibility index (Phi) is 2.91. The van der Waals surface area contributed by atoms with Gasteiger partial charge < -0.3 is 10.4 Å². The first-order valence-electron chi connectivity index (χ1n) is 5.14. The van der Waals surface area contributed by atoms with Gasteiger partial charge in [0.05, 0.1) is 6.61 Å². The third-order valence-corrected chi connectivity index (χ3v) is 3.56. The molecule has 78 valence electrons. The molecule has 0 aliphatic heterocycles. The highest BCUT2D eigenvalue weighted by molar-refractivity contribution is 7.07. The SMILES string of the molecule is CC(Cc1ccsc1)NC1(CO)CC1. The molecule has 1 aromatic rings. The van der Waals surface area contributed by atoms with Crippen LogP contribution < -0.4 is 5.32 Å². The number of thiophene rings is 1. The zero-order valence-electron chi connectivity index (χ0n) is 8.49. The number of aliphatic hydroxyl groups excluding tert-OH is 1. The minimum Gasteiger partial charge on any atom is -0.394 e. The second-order valence-corrected chi connectivity index (χ2v) is 5.10. The van der Waals surface area contributed by atoms with E-state index in [0.717, 1.165) is 19.3 Å². The molecule has 0 amide bonds. The van der Waals surface area contributed by atoms with Gasteiger partial charge in [-0.1, -0.05) is 0 Å². The van der Waals surface area contributed by atoms with E-state index in [-0.39, 0.29) is 12.1 Å². The molecule has 0 bridgehead atoms. The summed E-state index contributed by atoms with van der Waals surface area (Å²) in [5.74, 6) is 0. The fraction of sp³-hybridized carbons (Fsp3) is 0.636. The largest absolute Gasteiger partial charge is 0.394 e. The number of hydrogen-bond acceptors (Lipinski definition) is 3. The monoisotopic (exact) mass is 211 g/mol. The Hall–Kier alpha value is -0.380. The molecular formula is C11H17NOS. The number of hydrogen-bond donors (Lipinski definition) is 2. The van der Waals surface area contributed by atoms with E-state index in [9.17, 15) is 5.11 Å². The van der Waals surface area contributed by atoms with Crippen LogP contribution in [0.1, 0.15) is 25.3 Å². The van der Waals surface area contributed by atoms with E-state index < -0.39 is 0 Å². The lowest BCUT2D eigenvalue weighted by Crippen LogP contribution is -2.42. The van der Waals surface area contributed by atoms with Gasteiger partial charge in [-0.2, -0.15) is 11.3 Å². The quantitative estimate of drug-likeness (QED) is 0.778. The van der Waals surface area contributed by atoms with E-state index in [4.69, 9.17) is 0 Å². The topological polar surface area (TPSA) is 32.3 Å².